The van der Waals surface area contributed by atoms with E-state index in [4.69, 9.17) is 19.5 Å². The lowest BCUT2D eigenvalue weighted by Gasteiger charge is -2.15. The fourth-order valence-corrected chi connectivity index (χ4v) is 7.35. The van der Waals surface area contributed by atoms with Crippen molar-refractivity contribution in [3.8, 4) is 17.2 Å². The van der Waals surface area contributed by atoms with E-state index >= 15 is 0 Å². The first-order valence-electron chi connectivity index (χ1n) is 18.1. The molecule has 4 rings (SSSR count). The Balaban J connectivity index is 1.54. The summed E-state index contributed by atoms with van der Waals surface area (Å²) in [6.07, 6.45) is 0. The number of nitrogens with zero attached hydrogens (tertiary/aromatic N) is 4. The summed E-state index contributed by atoms with van der Waals surface area (Å²) in [5, 5.41) is 34.7. The van der Waals surface area contributed by atoms with Crippen LogP contribution >= 0.6 is 12.0 Å². The molecule has 0 aliphatic carbocycles. The molecular weight excluding hydrogens is 923 g/mol. The predicted molar refractivity (Wildman–Crippen MR) is 228 cm³/mol. The summed E-state index contributed by atoms with van der Waals surface area (Å²) in [6.45, 7) is 5.09. The number of carbonyl (C=O) groups is 5. The average molecular weight is 962 g/mol. The number of amides is 3. The van der Waals surface area contributed by atoms with Gasteiger partial charge in [-0.2, -0.15) is 37.3 Å². The number of Topliss-reactive ketones (excluding diaryl/α,β-unsaturated/α-hetero) is 2. The van der Waals surface area contributed by atoms with Crippen LogP contribution in [0.5, 0.6) is 17.2 Å². The number of hydrogen-bond acceptors (Lipinski definition) is 20. The maximum atomic E-state index is 13.3. The van der Waals surface area contributed by atoms with Crippen LogP contribution in [-0.4, -0.2) is 93.9 Å². The fraction of sp³-hybridized carbons (Fsp3) is 0.237. The number of carbonyl (C=O) groups excluding carboxylic acids is 5. The zero-order chi connectivity index (χ0) is 48.4. The van der Waals surface area contributed by atoms with Gasteiger partial charge in [0.05, 0.1) is 56.1 Å². The first-order valence-corrected chi connectivity index (χ1v) is 21.7. The van der Waals surface area contributed by atoms with Gasteiger partial charge in [0, 0.05) is 22.6 Å². The number of hydrogen-bond donors (Lipinski definition) is 6. The Hall–Kier alpha value is -6.72. The third-order valence-electron chi connectivity index (χ3n) is 8.72. The van der Waals surface area contributed by atoms with E-state index in [-0.39, 0.29) is 51.1 Å². The van der Waals surface area contributed by atoms with E-state index in [9.17, 15) is 49.9 Å². The number of methoxy groups -OCH3 is 3. The number of azo groups is 2. The molecule has 4 aromatic rings. The van der Waals surface area contributed by atoms with Gasteiger partial charge in [-0.05, 0) is 87.4 Å². The molecule has 6 N–H and O–H groups in total. The minimum absolute atomic E-state index is 0.00411. The maximum absolute atomic E-state index is 13.3. The topological polar surface area (TPSA) is 346 Å². The number of aryl methyl sites for hydroxylation is 2. The van der Waals surface area contributed by atoms with Crippen molar-refractivity contribution in [3.63, 3.8) is 0 Å². The minimum atomic E-state index is -5.14. The molecule has 0 heterocycles. The van der Waals surface area contributed by atoms with Crippen LogP contribution in [0.15, 0.2) is 95.8 Å². The van der Waals surface area contributed by atoms with Gasteiger partial charge in [0.15, 0.2) is 11.6 Å². The first kappa shape index (κ1) is 50.9. The van der Waals surface area contributed by atoms with Crippen molar-refractivity contribution in [1.82, 2.24) is 0 Å². The molecule has 2 unspecified atom stereocenters. The second kappa shape index (κ2) is 21.8. The van der Waals surface area contributed by atoms with Gasteiger partial charge in [-0.1, -0.05) is 5.04 Å². The first-order chi connectivity index (χ1) is 30.5. The van der Waals surface area contributed by atoms with Crippen molar-refractivity contribution in [2.45, 2.75) is 54.5 Å². The maximum Gasteiger partial charge on any atom is 0.296 e. The summed E-state index contributed by atoms with van der Waals surface area (Å²) >= 11 is 0.676. The molecule has 0 aliphatic heterocycles. The Morgan fingerprint density at radius 1 is 0.631 bits per heavy atom. The Kier molecular flexibility index (Phi) is 17.1. The number of rotatable bonds is 20. The second-order valence-electron chi connectivity index (χ2n) is 13.3. The van der Waals surface area contributed by atoms with Gasteiger partial charge in [0.1, 0.15) is 32.7 Å². The molecule has 4 aromatic carbocycles. The highest BCUT2D eigenvalue weighted by Gasteiger charge is 2.28. The van der Waals surface area contributed by atoms with Crippen molar-refractivity contribution in [2.24, 2.45) is 20.5 Å². The van der Waals surface area contributed by atoms with Crippen molar-refractivity contribution in [2.75, 3.05) is 37.3 Å². The quantitative estimate of drug-likeness (QED) is 0.0151. The molecule has 3 amide bonds. The molecule has 0 bridgehead atoms. The van der Waals surface area contributed by atoms with Crippen LogP contribution < -0.4 is 30.2 Å². The van der Waals surface area contributed by atoms with Gasteiger partial charge in [-0.25, -0.2) is 5.26 Å². The van der Waals surface area contributed by atoms with Gasteiger partial charge >= 0.3 is 0 Å². The molecular formula is C38H39N7O17S3. The molecule has 0 saturated heterocycles. The van der Waals surface area contributed by atoms with Crippen LogP contribution in [0, 0.1) is 13.8 Å². The Morgan fingerprint density at radius 2 is 1.11 bits per heavy atom. The fourth-order valence-electron chi connectivity index (χ4n) is 5.55. The largest absolute Gasteiger partial charge is 0.495 e. The van der Waals surface area contributed by atoms with Crippen LogP contribution in [0.3, 0.4) is 0 Å². The summed E-state index contributed by atoms with van der Waals surface area (Å²) < 4.78 is 88.3. The zero-order valence-corrected chi connectivity index (χ0v) is 37.4. The molecule has 0 aliphatic rings. The molecule has 346 valence electrons. The van der Waals surface area contributed by atoms with E-state index < -0.39 is 77.1 Å². The van der Waals surface area contributed by atoms with Crippen molar-refractivity contribution in [3.05, 3.63) is 77.4 Å². The molecule has 0 spiro atoms. The molecule has 0 aromatic heterocycles. The molecule has 24 nitrogen and oxygen atoms in total. The van der Waals surface area contributed by atoms with Gasteiger partial charge in [0.25, 0.3) is 38.0 Å². The SMILES string of the molecule is COc1cc(/N=N/C(C(C)=O)C(=O)Nc2cc(C)c(S(=O)(=O)O)cc2OC)c(S(=O)(=O)O)cc1NC(=O)c1ccc(/N=N/C(C(C)=O)C(=O)Nc2cc(C)c(SOOO)cc2OC)cc1. The van der Waals surface area contributed by atoms with E-state index in [1.807, 2.05) is 0 Å². The van der Waals surface area contributed by atoms with E-state index in [1.165, 1.54) is 50.4 Å². The van der Waals surface area contributed by atoms with Crippen molar-refractivity contribution in [1.29, 1.82) is 0 Å². The molecule has 0 fully saturated rings. The molecule has 0 saturated carbocycles. The Bertz CT molecular complexity index is 2800. The molecule has 2 atom stereocenters. The van der Waals surface area contributed by atoms with Gasteiger partial charge in [-0.3, -0.25) is 33.1 Å². The molecule has 65 heavy (non-hydrogen) atoms. The number of nitrogens with one attached hydrogen (secondary N) is 3. The minimum Gasteiger partial charge on any atom is -0.495 e. The number of anilines is 3. The van der Waals surface area contributed by atoms with Crippen molar-refractivity contribution < 1.29 is 78.8 Å². The number of ether oxygens (including phenoxy) is 3. The summed E-state index contributed by atoms with van der Waals surface area (Å²) in [5.74, 6) is -4.57. The normalized spacial score (nSPS) is 12.6. The highest BCUT2D eigenvalue weighted by molar-refractivity contribution is 7.94. The Labute approximate surface area is 374 Å². The third-order valence-corrected chi connectivity index (χ3v) is 11.3. The Morgan fingerprint density at radius 3 is 1.60 bits per heavy atom. The monoisotopic (exact) mass is 961 g/mol. The highest BCUT2D eigenvalue weighted by Crippen LogP contribution is 2.38. The average Bonchev–Trinajstić information content (AvgIpc) is 3.22. The summed E-state index contributed by atoms with van der Waals surface area (Å²) in [6, 6.07) is 8.52. The molecule has 0 radical (unpaired) electrons. The van der Waals surface area contributed by atoms with E-state index in [2.05, 4.69) is 45.8 Å². The van der Waals surface area contributed by atoms with Gasteiger partial charge < -0.3 is 30.2 Å². The number of benzene rings is 4. The van der Waals surface area contributed by atoms with E-state index in [0.29, 0.717) is 22.5 Å². The lowest BCUT2D eigenvalue weighted by molar-refractivity contribution is -0.432. The standard InChI is InChI=1S/C38H39N7O17S3/c1-18-12-24(29(59-6)16-31(18)63-62-61-51)40-37(49)34(20(3)46)44-42-23-10-8-22(9-11-23)36(48)39-26-15-33(65(55,56)57)27(14-28(26)58-5)43-45-35(21(4)47)38(50)41-25-13-19(2)32(64(52,53)54)17-30(25)60-7/h8-17,34-35,51H,1-7H3,(H,39,48)(H,40,49)(H,41,50)(H,52,53,54)(H,55,56,57)/b44-42+,45-43+. The lowest BCUT2D eigenvalue weighted by Crippen LogP contribution is -2.32. The van der Waals surface area contributed by atoms with Crippen molar-refractivity contribution >= 4 is 90.0 Å². The van der Waals surface area contributed by atoms with E-state index in [0.717, 1.165) is 52.3 Å². The van der Waals surface area contributed by atoms with Crippen LogP contribution in [0.2, 0.25) is 0 Å². The number of ketones is 2. The van der Waals surface area contributed by atoms with E-state index in [1.54, 1.807) is 6.92 Å². The van der Waals surface area contributed by atoms with Crippen LogP contribution in [0.25, 0.3) is 0 Å². The zero-order valence-electron chi connectivity index (χ0n) is 35.0. The predicted octanol–water partition coefficient (Wildman–Crippen LogP) is 5.86. The highest BCUT2D eigenvalue weighted by atomic mass is 32.2. The van der Waals surface area contributed by atoms with Crippen LogP contribution in [0.4, 0.5) is 28.4 Å². The summed E-state index contributed by atoms with van der Waals surface area (Å²) in [4.78, 5) is 63.6. The second-order valence-corrected chi connectivity index (χ2v) is 16.8. The summed E-state index contributed by atoms with van der Waals surface area (Å²) in [5.41, 5.74) is -0.151. The lowest BCUT2D eigenvalue weighted by atomic mass is 10.1. The summed E-state index contributed by atoms with van der Waals surface area (Å²) in [7, 11) is -6.17. The van der Waals surface area contributed by atoms with Gasteiger partial charge in [-0.15, -0.1) is 4.33 Å². The smallest absolute Gasteiger partial charge is 0.296 e. The van der Waals surface area contributed by atoms with Crippen LogP contribution in [0.1, 0.15) is 35.3 Å². The van der Waals surface area contributed by atoms with Crippen LogP contribution in [-0.2, 0) is 48.8 Å². The van der Waals surface area contributed by atoms with Gasteiger partial charge in [0.2, 0.25) is 12.1 Å². The molecule has 27 heteroatoms. The third kappa shape index (κ3) is 13.2.